The lowest BCUT2D eigenvalue weighted by atomic mass is 10.3. The van der Waals surface area contributed by atoms with Gasteiger partial charge < -0.3 is 24.4 Å². The standard InChI is InChI=1S/C20H24ClN6O6PS/c1-12(2)35(29,30)15-9-7-6-8-13(15)22-18-17(21)26-27-20(25-18)23-14-10-11-16(24-19(14)31-3)34(28,32-4)33-5/h6-12H,1-5H3,(H2,22,23,25,27). The lowest BCUT2D eigenvalue weighted by Crippen LogP contribution is -2.16. The molecular weight excluding hydrogens is 519 g/mol. The number of pyridine rings is 1. The van der Waals surface area contributed by atoms with Crippen molar-refractivity contribution in [2.75, 3.05) is 32.0 Å². The molecule has 0 saturated heterocycles. The Hall–Kier alpha value is -2.83. The predicted octanol–water partition coefficient (Wildman–Crippen LogP) is 3.71. The molecule has 35 heavy (non-hydrogen) atoms. The molecule has 2 N–H and O–H groups in total. The molecule has 188 valence electrons. The van der Waals surface area contributed by atoms with Crippen LogP contribution in [0.1, 0.15) is 13.8 Å². The third kappa shape index (κ3) is 5.71. The Labute approximate surface area is 207 Å². The molecule has 2 aromatic heterocycles. The van der Waals surface area contributed by atoms with Gasteiger partial charge in [-0.25, -0.2) is 13.4 Å². The van der Waals surface area contributed by atoms with E-state index in [-0.39, 0.29) is 38.8 Å². The van der Waals surface area contributed by atoms with Crippen molar-refractivity contribution in [3.63, 3.8) is 0 Å². The van der Waals surface area contributed by atoms with Crippen LogP contribution in [0.25, 0.3) is 0 Å². The lowest BCUT2D eigenvalue weighted by molar-refractivity contribution is 0.286. The molecule has 15 heteroatoms. The summed E-state index contributed by atoms with van der Waals surface area (Å²) in [6, 6.07) is 9.37. The molecule has 3 rings (SSSR count). The van der Waals surface area contributed by atoms with Gasteiger partial charge in [-0.05, 0) is 38.1 Å². The van der Waals surface area contributed by atoms with Crippen molar-refractivity contribution in [3.05, 3.63) is 41.6 Å². The summed E-state index contributed by atoms with van der Waals surface area (Å²) in [6.07, 6.45) is 0. The topological polar surface area (TPSA) is 155 Å². The maximum atomic E-state index is 12.8. The number of hydrogen-bond donors (Lipinski definition) is 2. The number of nitrogens with zero attached hydrogens (tertiary/aromatic N) is 4. The van der Waals surface area contributed by atoms with Gasteiger partial charge in [-0.2, -0.15) is 4.98 Å². The van der Waals surface area contributed by atoms with E-state index in [1.54, 1.807) is 32.0 Å². The number of anilines is 4. The van der Waals surface area contributed by atoms with Gasteiger partial charge in [0.15, 0.2) is 26.2 Å². The molecule has 0 aliphatic rings. The van der Waals surface area contributed by atoms with Crippen LogP contribution in [0.2, 0.25) is 5.15 Å². The number of benzene rings is 1. The quantitative estimate of drug-likeness (QED) is 0.359. The zero-order valence-corrected chi connectivity index (χ0v) is 22.0. The Kier molecular flexibility index (Phi) is 8.29. The minimum Gasteiger partial charge on any atom is -0.479 e. The van der Waals surface area contributed by atoms with Crippen LogP contribution in [0.4, 0.5) is 23.1 Å². The Morgan fingerprint density at radius 2 is 1.63 bits per heavy atom. The Balaban J connectivity index is 1.95. The summed E-state index contributed by atoms with van der Waals surface area (Å²) >= 11 is 6.17. The van der Waals surface area contributed by atoms with Crippen LogP contribution in [0.15, 0.2) is 41.3 Å². The first-order valence-electron chi connectivity index (χ1n) is 10.1. The summed E-state index contributed by atoms with van der Waals surface area (Å²) in [5, 5.41) is 12.9. The zero-order valence-electron chi connectivity index (χ0n) is 19.5. The fourth-order valence-corrected chi connectivity index (χ4v) is 5.18. The average molecular weight is 543 g/mol. The Bertz CT molecular complexity index is 1370. The Morgan fingerprint density at radius 1 is 0.943 bits per heavy atom. The van der Waals surface area contributed by atoms with E-state index in [9.17, 15) is 13.0 Å². The van der Waals surface area contributed by atoms with E-state index < -0.39 is 22.7 Å². The van der Waals surface area contributed by atoms with Gasteiger partial charge in [-0.3, -0.25) is 4.57 Å². The van der Waals surface area contributed by atoms with E-state index in [1.807, 2.05) is 0 Å². The van der Waals surface area contributed by atoms with Gasteiger partial charge in [0.25, 0.3) is 0 Å². The lowest BCUT2D eigenvalue weighted by Gasteiger charge is -2.16. The number of ether oxygens (including phenoxy) is 1. The maximum Gasteiger partial charge on any atom is 0.379 e. The number of halogens is 1. The highest BCUT2D eigenvalue weighted by atomic mass is 35.5. The van der Waals surface area contributed by atoms with Crippen LogP contribution in [-0.4, -0.2) is 55.2 Å². The van der Waals surface area contributed by atoms with Gasteiger partial charge >= 0.3 is 7.60 Å². The maximum absolute atomic E-state index is 12.8. The molecule has 0 aliphatic heterocycles. The van der Waals surface area contributed by atoms with E-state index >= 15 is 0 Å². The average Bonchev–Trinajstić information content (AvgIpc) is 2.85. The molecule has 12 nitrogen and oxygen atoms in total. The number of hydrogen-bond acceptors (Lipinski definition) is 12. The van der Waals surface area contributed by atoms with Gasteiger partial charge in [0.2, 0.25) is 11.8 Å². The second kappa shape index (κ2) is 10.8. The summed E-state index contributed by atoms with van der Waals surface area (Å²) in [5.74, 6) is 0.149. The second-order valence-electron chi connectivity index (χ2n) is 7.20. The number of aromatic nitrogens is 4. The SMILES string of the molecule is COc1nc(P(=O)(OC)OC)ccc1Nc1nnc(Cl)c(Nc2ccccc2S(=O)(=O)C(C)C)n1. The summed E-state index contributed by atoms with van der Waals surface area (Å²) < 4.78 is 53.3. The van der Waals surface area contributed by atoms with E-state index in [1.165, 1.54) is 39.5 Å². The molecule has 2 heterocycles. The monoisotopic (exact) mass is 542 g/mol. The zero-order chi connectivity index (χ0) is 25.8. The van der Waals surface area contributed by atoms with Crippen molar-refractivity contribution in [1.29, 1.82) is 0 Å². The first-order chi connectivity index (χ1) is 16.6. The molecule has 0 spiro atoms. The first-order valence-corrected chi connectivity index (χ1v) is 13.6. The minimum absolute atomic E-state index is 0.00983. The van der Waals surface area contributed by atoms with Crippen molar-refractivity contribution < 1.29 is 26.8 Å². The van der Waals surface area contributed by atoms with Crippen molar-refractivity contribution in [2.24, 2.45) is 0 Å². The van der Waals surface area contributed by atoms with Crippen molar-refractivity contribution in [2.45, 2.75) is 24.0 Å². The number of nitrogens with one attached hydrogen (secondary N) is 2. The smallest absolute Gasteiger partial charge is 0.379 e. The largest absolute Gasteiger partial charge is 0.479 e. The highest BCUT2D eigenvalue weighted by Crippen LogP contribution is 2.45. The van der Waals surface area contributed by atoms with Crippen LogP contribution in [-0.2, 0) is 23.4 Å². The van der Waals surface area contributed by atoms with Crippen LogP contribution in [0.3, 0.4) is 0 Å². The number of methoxy groups -OCH3 is 1. The molecule has 0 amide bonds. The van der Waals surface area contributed by atoms with E-state index in [0.717, 1.165) is 0 Å². The summed E-state index contributed by atoms with van der Waals surface area (Å²) in [5.41, 5.74) is 0.659. The van der Waals surface area contributed by atoms with E-state index in [4.69, 9.17) is 25.4 Å². The number of rotatable bonds is 10. The highest BCUT2D eigenvalue weighted by molar-refractivity contribution is 7.92. The van der Waals surface area contributed by atoms with E-state index in [0.29, 0.717) is 5.69 Å². The molecule has 3 aromatic rings. The fourth-order valence-electron chi connectivity index (χ4n) is 2.86. The summed E-state index contributed by atoms with van der Waals surface area (Å²) in [6.45, 7) is 3.19. The molecule has 0 aliphatic carbocycles. The van der Waals surface area contributed by atoms with Gasteiger partial charge in [-0.1, -0.05) is 23.7 Å². The third-order valence-corrected chi connectivity index (χ3v) is 9.00. The molecule has 1 aromatic carbocycles. The number of para-hydroxylation sites is 1. The van der Waals surface area contributed by atoms with Gasteiger partial charge in [-0.15, -0.1) is 10.2 Å². The molecule has 0 bridgehead atoms. The molecule has 0 fully saturated rings. The van der Waals surface area contributed by atoms with Crippen molar-refractivity contribution in [3.8, 4) is 5.88 Å². The van der Waals surface area contributed by atoms with Crippen molar-refractivity contribution >= 4 is 57.6 Å². The third-order valence-electron chi connectivity index (χ3n) is 4.76. The fraction of sp³-hybridized carbons (Fsp3) is 0.300. The van der Waals surface area contributed by atoms with Crippen LogP contribution < -0.4 is 20.8 Å². The van der Waals surface area contributed by atoms with E-state index in [2.05, 4.69) is 30.8 Å². The Morgan fingerprint density at radius 3 is 2.26 bits per heavy atom. The van der Waals surface area contributed by atoms with Gasteiger partial charge in [0, 0.05) is 14.2 Å². The molecule has 0 unspecified atom stereocenters. The second-order valence-corrected chi connectivity index (χ2v) is 12.2. The van der Waals surface area contributed by atoms with Crippen LogP contribution in [0, 0.1) is 0 Å². The number of sulfone groups is 1. The molecule has 0 radical (unpaired) electrons. The van der Waals surface area contributed by atoms with Crippen LogP contribution in [0.5, 0.6) is 5.88 Å². The molecule has 0 saturated carbocycles. The van der Waals surface area contributed by atoms with Gasteiger partial charge in [0.1, 0.15) is 5.69 Å². The summed E-state index contributed by atoms with van der Waals surface area (Å²) in [4.78, 5) is 8.58. The normalized spacial score (nSPS) is 12.0. The van der Waals surface area contributed by atoms with Gasteiger partial charge in [0.05, 0.1) is 22.9 Å². The van der Waals surface area contributed by atoms with Crippen LogP contribution >= 0.6 is 19.2 Å². The minimum atomic E-state index is -3.59. The predicted molar refractivity (Wildman–Crippen MR) is 132 cm³/mol. The molecular formula is C20H24ClN6O6PS. The first kappa shape index (κ1) is 26.8. The highest BCUT2D eigenvalue weighted by Gasteiger charge is 2.28. The molecule has 0 atom stereocenters. The van der Waals surface area contributed by atoms with Crippen molar-refractivity contribution in [1.82, 2.24) is 20.2 Å². The summed E-state index contributed by atoms with van der Waals surface area (Å²) in [7, 11) is -3.31.